The molecule has 3 aromatic rings. The Morgan fingerprint density at radius 3 is 1.38 bits per heavy atom. The third-order valence-corrected chi connectivity index (χ3v) is 5.33. The first-order chi connectivity index (χ1) is 11.3. The van der Waals surface area contributed by atoms with Gasteiger partial charge >= 0.3 is 29.6 Å². The third-order valence-electron chi connectivity index (χ3n) is 5.33. The van der Waals surface area contributed by atoms with Crippen LogP contribution >= 0.6 is 0 Å². The van der Waals surface area contributed by atoms with E-state index < -0.39 is 11.4 Å². The molecule has 0 N–H and O–H groups in total. The van der Waals surface area contributed by atoms with Gasteiger partial charge in [0.1, 0.15) is 0 Å². The zero-order valence-corrected chi connectivity index (χ0v) is 15.3. The Morgan fingerprint density at radius 1 is 0.708 bits per heavy atom. The Morgan fingerprint density at radius 2 is 1.04 bits per heavy atom. The van der Waals surface area contributed by atoms with Crippen molar-refractivity contribution in [2.75, 3.05) is 0 Å². The maximum absolute atomic E-state index is 12.5. The van der Waals surface area contributed by atoms with Crippen molar-refractivity contribution in [1.29, 1.82) is 0 Å². The molecular weight excluding hydrogens is 307 g/mol. The van der Waals surface area contributed by atoms with Crippen molar-refractivity contribution in [3.05, 3.63) is 106 Å². The molecule has 0 unspecified atom stereocenters. The minimum Gasteiger partial charge on any atom is -0.548 e. The van der Waals surface area contributed by atoms with Crippen LogP contribution in [-0.2, 0) is 10.2 Å². The third kappa shape index (κ3) is 1.63. The van der Waals surface area contributed by atoms with Crippen molar-refractivity contribution in [3.8, 4) is 0 Å². The van der Waals surface area contributed by atoms with Gasteiger partial charge in [0, 0.05) is 5.92 Å². The summed E-state index contributed by atoms with van der Waals surface area (Å²) in [5.41, 5.74) is 4.57. The Labute approximate surface area is 162 Å². The van der Waals surface area contributed by atoms with Crippen LogP contribution in [0.15, 0.2) is 72.8 Å². The van der Waals surface area contributed by atoms with E-state index in [-0.39, 0.29) is 35.5 Å². The van der Waals surface area contributed by atoms with E-state index in [1.54, 1.807) is 0 Å². The van der Waals surface area contributed by atoms with Crippen molar-refractivity contribution in [3.63, 3.8) is 0 Å². The fourth-order valence-electron chi connectivity index (χ4n) is 4.54. The maximum atomic E-state index is 12.5. The molecule has 24 heavy (non-hydrogen) atoms. The summed E-state index contributed by atoms with van der Waals surface area (Å²) >= 11 is 0. The van der Waals surface area contributed by atoms with E-state index in [1.165, 1.54) is 0 Å². The molecule has 0 aromatic heterocycles. The molecule has 0 saturated heterocycles. The second-order valence-corrected chi connectivity index (χ2v) is 6.23. The van der Waals surface area contributed by atoms with Gasteiger partial charge < -0.3 is 9.90 Å². The van der Waals surface area contributed by atoms with Gasteiger partial charge in [0.25, 0.3) is 0 Å². The number of carbonyl (C=O) groups excluding carboxylic acids is 1. The molecule has 0 spiro atoms. The summed E-state index contributed by atoms with van der Waals surface area (Å²) in [6.45, 7) is 0. The molecule has 0 saturated carbocycles. The molecule has 3 aliphatic carbocycles. The van der Waals surface area contributed by atoms with Crippen LogP contribution in [-0.4, -0.2) is 5.97 Å². The Kier molecular flexibility index (Phi) is 3.47. The molecule has 3 aromatic carbocycles. The fraction of sp³-hybridized carbons (Fsp3) is 0.0952. The first-order valence-electron chi connectivity index (χ1n) is 7.76. The molecular formula is C21H13NaO2. The summed E-state index contributed by atoms with van der Waals surface area (Å²) in [5, 5.41) is 12.5. The minimum absolute atomic E-state index is 0. The monoisotopic (exact) mass is 320 g/mol. The number of hydrogen-bond acceptors (Lipinski definition) is 2. The van der Waals surface area contributed by atoms with Crippen molar-refractivity contribution in [2.45, 2.75) is 11.3 Å². The van der Waals surface area contributed by atoms with Gasteiger partial charge in [-0.2, -0.15) is 0 Å². The molecule has 3 heteroatoms. The fourth-order valence-corrected chi connectivity index (χ4v) is 4.54. The average molecular weight is 320 g/mol. The van der Waals surface area contributed by atoms with Crippen LogP contribution in [0.4, 0.5) is 0 Å². The first-order valence-corrected chi connectivity index (χ1v) is 7.76. The molecule has 6 rings (SSSR count). The van der Waals surface area contributed by atoms with Gasteiger partial charge in [0.15, 0.2) is 0 Å². The topological polar surface area (TPSA) is 40.1 Å². The summed E-state index contributed by atoms with van der Waals surface area (Å²) in [6, 6.07) is 23.6. The van der Waals surface area contributed by atoms with Crippen LogP contribution in [0.1, 0.15) is 39.3 Å². The van der Waals surface area contributed by atoms with E-state index in [1.807, 2.05) is 72.8 Å². The summed E-state index contributed by atoms with van der Waals surface area (Å²) in [7, 11) is 0. The molecule has 0 aliphatic heterocycles. The van der Waals surface area contributed by atoms with Crippen LogP contribution in [0, 0.1) is 0 Å². The second kappa shape index (κ2) is 5.32. The van der Waals surface area contributed by atoms with Gasteiger partial charge in [0.05, 0.1) is 11.4 Å². The number of carboxylic acid groups (broad SMARTS) is 1. The van der Waals surface area contributed by atoms with Gasteiger partial charge in [-0.1, -0.05) is 72.8 Å². The van der Waals surface area contributed by atoms with E-state index in [9.17, 15) is 9.90 Å². The number of carboxylic acids is 1. The molecule has 2 bridgehead atoms. The molecule has 110 valence electrons. The standard InChI is InChI=1S/C21H14O2.Na/c22-20(23)21-16-10-4-1-7-13(16)19(14-8-2-5-11-17(14)21)15-9-3-6-12-18(15)21;/h1-12,19H,(H,22,23);/q;+1/p-1. The Balaban J connectivity index is 0.00000146. The second-order valence-electron chi connectivity index (χ2n) is 6.23. The van der Waals surface area contributed by atoms with Crippen molar-refractivity contribution in [2.24, 2.45) is 0 Å². The molecule has 0 atom stereocenters. The normalized spacial score (nSPS) is 21.9. The quantitative estimate of drug-likeness (QED) is 0.572. The van der Waals surface area contributed by atoms with E-state index in [0.29, 0.717) is 0 Å². The van der Waals surface area contributed by atoms with Crippen LogP contribution < -0.4 is 34.7 Å². The molecule has 0 amide bonds. The summed E-state index contributed by atoms with van der Waals surface area (Å²) in [6.07, 6.45) is 0. The van der Waals surface area contributed by atoms with Crippen LogP contribution in [0.25, 0.3) is 0 Å². The van der Waals surface area contributed by atoms with Crippen molar-refractivity contribution < 1.29 is 39.5 Å². The largest absolute Gasteiger partial charge is 1.00 e. The van der Waals surface area contributed by atoms with E-state index in [2.05, 4.69) is 0 Å². The first kappa shape index (κ1) is 15.6. The SMILES string of the molecule is O=C([O-])C12c3ccccc3C(c3ccccc31)c1ccccc12.[Na+]. The maximum Gasteiger partial charge on any atom is 1.00 e. The Bertz CT molecular complexity index is 861. The smallest absolute Gasteiger partial charge is 0.548 e. The number of hydrogen-bond donors (Lipinski definition) is 0. The van der Waals surface area contributed by atoms with E-state index in [4.69, 9.17) is 0 Å². The summed E-state index contributed by atoms with van der Waals surface area (Å²) < 4.78 is 0. The molecule has 0 heterocycles. The molecule has 2 nitrogen and oxygen atoms in total. The summed E-state index contributed by atoms with van der Waals surface area (Å²) in [5.74, 6) is -0.956. The van der Waals surface area contributed by atoms with Crippen molar-refractivity contribution >= 4 is 5.97 Å². The molecule has 0 radical (unpaired) electrons. The zero-order chi connectivity index (χ0) is 15.6. The van der Waals surface area contributed by atoms with Crippen molar-refractivity contribution in [1.82, 2.24) is 0 Å². The van der Waals surface area contributed by atoms with Gasteiger partial charge in [-0.15, -0.1) is 0 Å². The van der Waals surface area contributed by atoms with Crippen LogP contribution in [0.5, 0.6) is 0 Å². The Hall–Kier alpha value is -1.87. The predicted octanol–water partition coefficient (Wildman–Crippen LogP) is -0.418. The van der Waals surface area contributed by atoms with Gasteiger partial charge in [-0.05, 0) is 33.4 Å². The van der Waals surface area contributed by atoms with Gasteiger partial charge in [-0.25, -0.2) is 0 Å². The molecule has 3 aliphatic rings. The zero-order valence-electron chi connectivity index (χ0n) is 13.3. The number of rotatable bonds is 1. The van der Waals surface area contributed by atoms with Crippen LogP contribution in [0.2, 0.25) is 0 Å². The average Bonchev–Trinajstić information content (AvgIpc) is 2.61. The van der Waals surface area contributed by atoms with Gasteiger partial charge in [0.2, 0.25) is 0 Å². The van der Waals surface area contributed by atoms with E-state index in [0.717, 1.165) is 33.4 Å². The van der Waals surface area contributed by atoms with Crippen LogP contribution in [0.3, 0.4) is 0 Å². The number of carbonyl (C=O) groups is 1. The summed E-state index contributed by atoms with van der Waals surface area (Å²) in [4.78, 5) is 12.5. The minimum atomic E-state index is -1.21. The van der Waals surface area contributed by atoms with Gasteiger partial charge in [-0.3, -0.25) is 0 Å². The van der Waals surface area contributed by atoms with E-state index >= 15 is 0 Å². The number of aliphatic carboxylic acids is 1. The predicted molar refractivity (Wildman–Crippen MR) is 85.2 cm³/mol. The molecule has 0 fully saturated rings. The number of benzene rings is 3.